The third-order valence-electron chi connectivity index (χ3n) is 4.08. The maximum atomic E-state index is 11.2. The van der Waals surface area contributed by atoms with Gasteiger partial charge in [-0.1, -0.05) is 30.3 Å². The zero-order valence-corrected chi connectivity index (χ0v) is 15.9. The first-order chi connectivity index (χ1) is 14.7. The smallest absolute Gasteiger partial charge is 0.335 e. The molecule has 1 aliphatic carbocycles. The summed E-state index contributed by atoms with van der Waals surface area (Å²) in [6.45, 7) is 0. The van der Waals surface area contributed by atoms with Crippen LogP contribution in [-0.2, 0) is 0 Å². The van der Waals surface area contributed by atoms with Gasteiger partial charge in [0.25, 0.3) is 0 Å². The molecule has 0 saturated carbocycles. The number of carboxylic acids is 1. The number of anilines is 2. The zero-order valence-electron chi connectivity index (χ0n) is 15.9. The van der Waals surface area contributed by atoms with Gasteiger partial charge in [0.1, 0.15) is 11.5 Å². The lowest BCUT2D eigenvalue weighted by molar-refractivity contribution is 0.0697. The van der Waals surface area contributed by atoms with Crippen molar-refractivity contribution in [3.63, 3.8) is 0 Å². The van der Waals surface area contributed by atoms with E-state index in [2.05, 4.69) is 20.3 Å². The van der Waals surface area contributed by atoms with Gasteiger partial charge in [-0.15, -0.1) is 4.98 Å². The van der Waals surface area contributed by atoms with E-state index in [1.807, 2.05) is 36.4 Å². The molecule has 1 heterocycles. The van der Waals surface area contributed by atoms with Gasteiger partial charge < -0.3 is 19.9 Å². The summed E-state index contributed by atoms with van der Waals surface area (Å²) >= 11 is 0. The second kappa shape index (κ2) is 8.87. The van der Waals surface area contributed by atoms with Gasteiger partial charge >= 0.3 is 18.0 Å². The monoisotopic (exact) mass is 402 g/mol. The van der Waals surface area contributed by atoms with Gasteiger partial charge in [-0.3, -0.25) is 0 Å². The average Bonchev–Trinajstić information content (AvgIpc) is 2.75. The Morgan fingerprint density at radius 2 is 1.73 bits per heavy atom. The molecule has 1 aliphatic rings. The zero-order chi connectivity index (χ0) is 20.8. The van der Waals surface area contributed by atoms with Gasteiger partial charge in [0, 0.05) is 5.69 Å². The Morgan fingerprint density at radius 3 is 2.47 bits per heavy atom. The largest absolute Gasteiger partial charge is 0.478 e. The number of benzene rings is 2. The van der Waals surface area contributed by atoms with Crippen molar-refractivity contribution in [1.29, 1.82) is 0 Å². The number of allylic oxidation sites excluding steroid dienone is 3. The van der Waals surface area contributed by atoms with Crippen LogP contribution in [0, 0.1) is 0 Å². The van der Waals surface area contributed by atoms with Crippen LogP contribution in [0.1, 0.15) is 23.2 Å². The lowest BCUT2D eigenvalue weighted by Gasteiger charge is -2.11. The Balaban J connectivity index is 1.64. The first-order valence-electron chi connectivity index (χ1n) is 9.30. The van der Waals surface area contributed by atoms with Gasteiger partial charge in [0.05, 0.1) is 5.56 Å². The predicted octanol–water partition coefficient (Wildman–Crippen LogP) is 4.72. The summed E-state index contributed by atoms with van der Waals surface area (Å²) in [5.74, 6) is 0.332. The third-order valence-corrected chi connectivity index (χ3v) is 4.08. The molecular formula is C22H18N4O4. The molecule has 0 radical (unpaired) electrons. The van der Waals surface area contributed by atoms with Crippen molar-refractivity contribution < 1.29 is 19.4 Å². The molecule has 0 atom stereocenters. The van der Waals surface area contributed by atoms with Crippen molar-refractivity contribution in [2.45, 2.75) is 12.8 Å². The number of aromatic carboxylic acids is 1. The molecule has 150 valence electrons. The second-order valence-electron chi connectivity index (χ2n) is 6.34. The maximum absolute atomic E-state index is 11.2. The molecular weight excluding hydrogens is 384 g/mol. The summed E-state index contributed by atoms with van der Waals surface area (Å²) in [5.41, 5.74) is 0.651. The van der Waals surface area contributed by atoms with E-state index in [1.54, 1.807) is 24.3 Å². The van der Waals surface area contributed by atoms with Crippen LogP contribution in [0.2, 0.25) is 0 Å². The standard InChI is InChI=1S/C22H18N4O4/c27-19(28)15-8-7-9-16(14-15)23-20-24-21(29-17-10-3-1-4-11-17)26-22(25-20)30-18-12-5-2-6-13-18/h1,3-5,7-14H,2,6H2,(H,27,28)(H,23,24,25,26). The molecule has 0 amide bonds. The topological polar surface area (TPSA) is 106 Å². The van der Waals surface area contributed by atoms with Crippen LogP contribution in [0.4, 0.5) is 11.6 Å². The van der Waals surface area contributed by atoms with Gasteiger partial charge in [-0.25, -0.2) is 4.79 Å². The van der Waals surface area contributed by atoms with Crippen molar-refractivity contribution >= 4 is 17.6 Å². The number of nitrogens with one attached hydrogen (secondary N) is 1. The van der Waals surface area contributed by atoms with E-state index in [9.17, 15) is 9.90 Å². The minimum Gasteiger partial charge on any atom is -0.478 e. The molecule has 3 aromatic rings. The van der Waals surface area contributed by atoms with E-state index >= 15 is 0 Å². The van der Waals surface area contributed by atoms with Crippen molar-refractivity contribution in [3.8, 4) is 17.8 Å². The summed E-state index contributed by atoms with van der Waals surface area (Å²) in [6.07, 6.45) is 7.64. The van der Waals surface area contributed by atoms with Crippen LogP contribution in [0.5, 0.6) is 17.8 Å². The quantitative estimate of drug-likeness (QED) is 0.585. The number of ether oxygens (including phenoxy) is 2. The van der Waals surface area contributed by atoms with Crippen LogP contribution in [0.25, 0.3) is 0 Å². The fourth-order valence-corrected chi connectivity index (χ4v) is 2.71. The highest BCUT2D eigenvalue weighted by Gasteiger charge is 2.13. The number of para-hydroxylation sites is 1. The Bertz CT molecular complexity index is 1110. The minimum atomic E-state index is -1.03. The van der Waals surface area contributed by atoms with Gasteiger partial charge in [-0.05, 0) is 55.3 Å². The Labute approximate surface area is 172 Å². The minimum absolute atomic E-state index is 0.0449. The van der Waals surface area contributed by atoms with Gasteiger partial charge in [-0.2, -0.15) is 9.97 Å². The molecule has 0 bridgehead atoms. The molecule has 8 nitrogen and oxygen atoms in total. The first-order valence-corrected chi connectivity index (χ1v) is 9.30. The Kier molecular flexibility index (Phi) is 5.66. The van der Waals surface area contributed by atoms with Crippen molar-refractivity contribution in [2.75, 3.05) is 5.32 Å². The number of hydrogen-bond donors (Lipinski definition) is 2. The number of hydrogen-bond acceptors (Lipinski definition) is 7. The Morgan fingerprint density at radius 1 is 0.933 bits per heavy atom. The molecule has 0 saturated heterocycles. The van der Waals surface area contributed by atoms with Crippen molar-refractivity contribution in [3.05, 3.63) is 84.1 Å². The lowest BCUT2D eigenvalue weighted by atomic mass is 10.2. The number of carbonyl (C=O) groups is 1. The summed E-state index contributed by atoms with van der Waals surface area (Å²) < 4.78 is 11.5. The predicted molar refractivity (Wildman–Crippen MR) is 110 cm³/mol. The summed E-state index contributed by atoms with van der Waals surface area (Å²) in [7, 11) is 0. The lowest BCUT2D eigenvalue weighted by Crippen LogP contribution is -2.06. The number of rotatable bonds is 7. The molecule has 0 spiro atoms. The molecule has 2 N–H and O–H groups in total. The van der Waals surface area contributed by atoms with Crippen LogP contribution >= 0.6 is 0 Å². The molecule has 2 aromatic carbocycles. The number of carboxylic acid groups (broad SMARTS) is 1. The average molecular weight is 402 g/mol. The fourth-order valence-electron chi connectivity index (χ4n) is 2.71. The number of nitrogens with zero attached hydrogens (tertiary/aromatic N) is 3. The fraction of sp³-hybridized carbons (Fsp3) is 0.0909. The highest BCUT2D eigenvalue weighted by molar-refractivity contribution is 5.89. The van der Waals surface area contributed by atoms with Crippen molar-refractivity contribution in [1.82, 2.24) is 15.0 Å². The maximum Gasteiger partial charge on any atom is 0.335 e. The molecule has 30 heavy (non-hydrogen) atoms. The molecule has 4 rings (SSSR count). The van der Waals surface area contributed by atoms with Crippen molar-refractivity contribution in [2.24, 2.45) is 0 Å². The molecule has 0 aliphatic heterocycles. The second-order valence-corrected chi connectivity index (χ2v) is 6.34. The summed E-state index contributed by atoms with van der Waals surface area (Å²) in [5, 5.41) is 12.2. The van der Waals surface area contributed by atoms with E-state index in [-0.39, 0.29) is 23.5 Å². The van der Waals surface area contributed by atoms with E-state index in [1.165, 1.54) is 12.1 Å². The van der Waals surface area contributed by atoms with E-state index in [0.717, 1.165) is 12.8 Å². The normalized spacial score (nSPS) is 12.7. The third kappa shape index (κ3) is 4.99. The Hall–Kier alpha value is -4.20. The SMILES string of the molecule is O=C(O)c1cccc(Nc2nc(OC3=CCCC=C3)nc(Oc3ccccc3)n2)c1. The highest BCUT2D eigenvalue weighted by Crippen LogP contribution is 2.24. The van der Waals surface area contributed by atoms with E-state index in [4.69, 9.17) is 9.47 Å². The van der Waals surface area contributed by atoms with E-state index in [0.29, 0.717) is 17.2 Å². The summed E-state index contributed by atoms with van der Waals surface area (Å²) in [6, 6.07) is 15.5. The van der Waals surface area contributed by atoms with Crippen LogP contribution < -0.4 is 14.8 Å². The highest BCUT2D eigenvalue weighted by atomic mass is 16.5. The molecule has 8 heteroatoms. The molecule has 0 fully saturated rings. The molecule has 0 unspecified atom stereocenters. The van der Waals surface area contributed by atoms with E-state index < -0.39 is 5.97 Å². The summed E-state index contributed by atoms with van der Waals surface area (Å²) in [4.78, 5) is 24.0. The van der Waals surface area contributed by atoms with Crippen LogP contribution in [0.15, 0.2) is 78.6 Å². The van der Waals surface area contributed by atoms with Gasteiger partial charge in [0.2, 0.25) is 5.95 Å². The van der Waals surface area contributed by atoms with Gasteiger partial charge in [0.15, 0.2) is 0 Å². The van der Waals surface area contributed by atoms with Crippen LogP contribution in [-0.4, -0.2) is 26.0 Å². The first kappa shape index (κ1) is 19.1. The van der Waals surface area contributed by atoms with Crippen LogP contribution in [0.3, 0.4) is 0 Å². The molecule has 1 aromatic heterocycles. The number of aromatic nitrogens is 3.